The zero-order valence-electron chi connectivity index (χ0n) is 23.1. The van der Waals surface area contributed by atoms with Crippen LogP contribution in [-0.2, 0) is 38.0 Å². The van der Waals surface area contributed by atoms with Gasteiger partial charge in [0.15, 0.2) is 6.10 Å². The van der Waals surface area contributed by atoms with Gasteiger partial charge in [0.1, 0.15) is 36.1 Å². The van der Waals surface area contributed by atoms with E-state index in [1.165, 1.54) is 12.2 Å². The Morgan fingerprint density at radius 3 is 2.55 bits per heavy atom. The molecule has 4 heterocycles. The van der Waals surface area contributed by atoms with Crippen molar-refractivity contribution in [3.05, 3.63) is 36.0 Å². The van der Waals surface area contributed by atoms with Crippen molar-refractivity contribution in [2.75, 3.05) is 19.8 Å². The maximum atomic E-state index is 13.3. The van der Waals surface area contributed by atoms with Crippen LogP contribution in [0.3, 0.4) is 0 Å². The number of epoxide rings is 2. The number of allylic oxidation sites excluding steroid dienone is 2. The fraction of sp³-hybridized carbons (Fsp3) is 0.724. The molecule has 2 aliphatic carbocycles. The first kappa shape index (κ1) is 28.0. The zero-order chi connectivity index (χ0) is 28.7. The van der Waals surface area contributed by atoms with Crippen LogP contribution in [0.5, 0.6) is 0 Å². The van der Waals surface area contributed by atoms with Gasteiger partial charge in [-0.1, -0.05) is 31.2 Å². The maximum Gasteiger partial charge on any atom is 0.338 e. The van der Waals surface area contributed by atoms with Crippen molar-refractivity contribution < 1.29 is 53.3 Å². The number of ether oxygens (including phenoxy) is 6. The van der Waals surface area contributed by atoms with E-state index in [0.717, 1.165) is 5.57 Å². The van der Waals surface area contributed by atoms with Crippen LogP contribution < -0.4 is 0 Å². The number of aliphatic hydroxyl groups excluding tert-OH is 3. The number of fused-ring (bicyclic) bond motifs is 1. The molecule has 4 aliphatic heterocycles. The summed E-state index contributed by atoms with van der Waals surface area (Å²) in [6.07, 6.45) is 2.24. The number of carbonyl (C=O) groups is 2. The molecule has 0 aromatic heterocycles. The fourth-order valence-electron chi connectivity index (χ4n) is 7.38. The largest absolute Gasteiger partial charge is 0.463 e. The van der Waals surface area contributed by atoms with E-state index in [1.54, 1.807) is 26.0 Å². The van der Waals surface area contributed by atoms with E-state index in [0.29, 0.717) is 13.0 Å². The fourth-order valence-corrected chi connectivity index (χ4v) is 7.38. The predicted octanol–water partition coefficient (Wildman–Crippen LogP) is 0.496. The summed E-state index contributed by atoms with van der Waals surface area (Å²) >= 11 is 0. The lowest BCUT2D eigenvalue weighted by molar-refractivity contribution is -0.239. The monoisotopic (exact) mass is 562 g/mol. The predicted molar refractivity (Wildman–Crippen MR) is 137 cm³/mol. The summed E-state index contributed by atoms with van der Waals surface area (Å²) < 4.78 is 35.9. The molecule has 0 aromatic carbocycles. The minimum Gasteiger partial charge on any atom is -0.463 e. The van der Waals surface area contributed by atoms with E-state index in [9.17, 15) is 24.9 Å². The third-order valence-electron chi connectivity index (χ3n) is 10.3. The zero-order valence-corrected chi connectivity index (χ0v) is 23.1. The first-order valence-corrected chi connectivity index (χ1v) is 13.9. The number of rotatable bonds is 1. The molecular weight excluding hydrogens is 524 g/mol. The van der Waals surface area contributed by atoms with Gasteiger partial charge in [-0.25, -0.2) is 9.59 Å². The molecule has 40 heavy (non-hydrogen) atoms. The smallest absolute Gasteiger partial charge is 0.338 e. The van der Waals surface area contributed by atoms with Gasteiger partial charge in [0, 0.05) is 17.9 Å². The summed E-state index contributed by atoms with van der Waals surface area (Å²) in [6.45, 7) is 7.03. The van der Waals surface area contributed by atoms with Crippen molar-refractivity contribution in [1.82, 2.24) is 0 Å². The van der Waals surface area contributed by atoms with Gasteiger partial charge in [0.25, 0.3) is 0 Å². The first-order chi connectivity index (χ1) is 18.9. The van der Waals surface area contributed by atoms with Crippen molar-refractivity contribution in [2.45, 2.75) is 101 Å². The van der Waals surface area contributed by atoms with E-state index >= 15 is 0 Å². The quantitative estimate of drug-likeness (QED) is 0.232. The topological polar surface area (TPSA) is 157 Å². The highest BCUT2D eigenvalue weighted by Gasteiger charge is 2.83. The summed E-state index contributed by atoms with van der Waals surface area (Å²) in [6, 6.07) is 0. The van der Waals surface area contributed by atoms with Gasteiger partial charge in [0.05, 0.1) is 43.0 Å². The van der Waals surface area contributed by atoms with Gasteiger partial charge in [-0.15, -0.1) is 0 Å². The summed E-state index contributed by atoms with van der Waals surface area (Å²) in [5, 5.41) is 31.9. The van der Waals surface area contributed by atoms with Crippen LogP contribution in [0.25, 0.3) is 0 Å². The van der Waals surface area contributed by atoms with Crippen molar-refractivity contribution in [3.8, 4) is 0 Å². The second kappa shape index (κ2) is 9.45. The van der Waals surface area contributed by atoms with Crippen molar-refractivity contribution >= 4 is 11.9 Å². The van der Waals surface area contributed by atoms with Gasteiger partial charge in [0.2, 0.25) is 0 Å². The molecule has 1 saturated carbocycles. The van der Waals surface area contributed by atoms with Crippen LogP contribution >= 0.6 is 0 Å². The van der Waals surface area contributed by atoms with Gasteiger partial charge < -0.3 is 43.7 Å². The Bertz CT molecular complexity index is 1160. The van der Waals surface area contributed by atoms with E-state index in [2.05, 4.69) is 0 Å². The van der Waals surface area contributed by atoms with Crippen molar-refractivity contribution in [1.29, 1.82) is 0 Å². The maximum absolute atomic E-state index is 13.3. The Labute approximate surface area is 232 Å². The van der Waals surface area contributed by atoms with Crippen LogP contribution in [0.4, 0.5) is 0 Å². The standard InChI is InChI=1S/C29H38O11/c1-15-9-21-28(11-17(15)31)13-36-25(34)24-26(3,40-24)19(32)12-35-18(16(2)30)7-5-6-8-23(33)39-20-10-22(38-21)29(14-37-29)27(20,28)4/h5-9,16-22,24,30-32H,10-14H2,1-4H3/b7-5-,8-6-. The number of cyclic esters (lactones) is 1. The molecule has 2 spiro atoms. The molecule has 11 nitrogen and oxygen atoms in total. The van der Waals surface area contributed by atoms with E-state index < -0.39 is 76.7 Å². The normalized spacial score (nSPS) is 52.6. The Morgan fingerprint density at radius 1 is 1.10 bits per heavy atom. The number of carbonyl (C=O) groups excluding carboxylic acids is 2. The Morgan fingerprint density at radius 2 is 1.85 bits per heavy atom. The molecule has 3 N–H and O–H groups in total. The summed E-state index contributed by atoms with van der Waals surface area (Å²) in [5.41, 5.74) is -3.03. The minimum atomic E-state index is -1.22. The van der Waals surface area contributed by atoms with Crippen LogP contribution in [0.1, 0.15) is 40.5 Å². The van der Waals surface area contributed by atoms with Gasteiger partial charge in [-0.05, 0) is 32.8 Å². The number of hydrogen-bond acceptors (Lipinski definition) is 11. The first-order valence-electron chi connectivity index (χ1n) is 13.9. The summed E-state index contributed by atoms with van der Waals surface area (Å²) in [7, 11) is 0. The Kier molecular flexibility index (Phi) is 6.62. The number of aliphatic hydroxyl groups is 3. The highest BCUT2D eigenvalue weighted by molar-refractivity contribution is 5.82. The lowest BCUT2D eigenvalue weighted by Gasteiger charge is -2.58. The molecule has 4 fully saturated rings. The van der Waals surface area contributed by atoms with E-state index in [4.69, 9.17) is 28.4 Å². The molecule has 0 radical (unpaired) electrons. The van der Waals surface area contributed by atoms with Gasteiger partial charge >= 0.3 is 11.9 Å². The number of hydrogen-bond donors (Lipinski definition) is 3. The lowest BCUT2D eigenvalue weighted by atomic mass is 9.51. The van der Waals surface area contributed by atoms with Crippen molar-refractivity contribution in [2.24, 2.45) is 10.8 Å². The molecule has 6 rings (SSSR count). The van der Waals surface area contributed by atoms with Crippen LogP contribution in [0, 0.1) is 10.8 Å². The van der Waals surface area contributed by atoms with Crippen molar-refractivity contribution in [3.63, 3.8) is 0 Å². The Hall–Kier alpha value is -2.12. The molecule has 6 aliphatic rings. The highest BCUT2D eigenvalue weighted by Crippen LogP contribution is 2.72. The van der Waals surface area contributed by atoms with Gasteiger partial charge in [-0.3, -0.25) is 0 Å². The lowest BCUT2D eigenvalue weighted by Crippen LogP contribution is -2.68. The molecule has 2 bridgehead atoms. The molecule has 12 unspecified atom stereocenters. The molecule has 11 heteroatoms. The SMILES string of the molecule is CC1=CC2OC3CC4OC(=O)/C=C\C=C/C(C(C)O)OCC(O)C5(C)OC5C(=O)OCC2(CC1O)C4(C)C31CO1. The third kappa shape index (κ3) is 3.97. The molecule has 0 amide bonds. The summed E-state index contributed by atoms with van der Waals surface area (Å²) in [4.78, 5) is 26.3. The van der Waals surface area contributed by atoms with E-state index in [-0.39, 0.29) is 25.7 Å². The van der Waals surface area contributed by atoms with E-state index in [1.807, 2.05) is 19.9 Å². The average molecular weight is 563 g/mol. The molecule has 12 atom stereocenters. The van der Waals surface area contributed by atoms with Crippen LogP contribution in [0.15, 0.2) is 36.0 Å². The summed E-state index contributed by atoms with van der Waals surface area (Å²) in [5.74, 6) is -1.23. The number of esters is 2. The van der Waals surface area contributed by atoms with Gasteiger partial charge in [-0.2, -0.15) is 0 Å². The van der Waals surface area contributed by atoms with Crippen LogP contribution in [-0.4, -0.2) is 107 Å². The highest BCUT2D eigenvalue weighted by atomic mass is 16.7. The second-order valence-corrected chi connectivity index (χ2v) is 12.5. The average Bonchev–Trinajstić information content (AvgIpc) is 3.81. The molecule has 3 saturated heterocycles. The third-order valence-corrected chi connectivity index (χ3v) is 10.3. The molecule has 0 aromatic rings. The Balaban J connectivity index is 1.38. The molecular formula is C29H38O11. The second-order valence-electron chi connectivity index (χ2n) is 12.5. The molecule has 220 valence electrons. The minimum absolute atomic E-state index is 0.134. The van der Waals surface area contributed by atoms with Crippen LogP contribution in [0.2, 0.25) is 0 Å².